The second-order valence-electron chi connectivity index (χ2n) is 14.3. The number of allylic oxidation sites excluding steroid dienone is 5. The van der Waals surface area contributed by atoms with Gasteiger partial charge in [0.15, 0.2) is 0 Å². The first kappa shape index (κ1) is 31.4. The summed E-state index contributed by atoms with van der Waals surface area (Å²) in [5.41, 5.74) is 11.1. The van der Waals surface area contributed by atoms with Gasteiger partial charge in [0.05, 0.1) is 16.6 Å². The zero-order valence-electron chi connectivity index (χ0n) is 28.8. The molecule has 0 radical (unpaired) electrons. The van der Waals surface area contributed by atoms with E-state index in [2.05, 4.69) is 190 Å². The first-order valence-electron chi connectivity index (χ1n) is 17.4. The summed E-state index contributed by atoms with van der Waals surface area (Å²) < 4.78 is 12.8. The summed E-state index contributed by atoms with van der Waals surface area (Å²) in [6.07, 6.45) is 10.6. The molecule has 1 saturated heterocycles. The highest BCUT2D eigenvalue weighted by Crippen LogP contribution is 2.57. The monoisotopic (exact) mass is 639 g/mol. The van der Waals surface area contributed by atoms with Crippen LogP contribution in [0.15, 0.2) is 169 Å². The maximum Gasteiger partial charge on any atom is 0.494 e. The molecule has 49 heavy (non-hydrogen) atoms. The summed E-state index contributed by atoms with van der Waals surface area (Å²) in [4.78, 5) is 2.43. The van der Waals surface area contributed by atoms with Crippen molar-refractivity contribution in [2.24, 2.45) is 0 Å². The second kappa shape index (κ2) is 12.2. The van der Waals surface area contributed by atoms with Crippen LogP contribution in [0.25, 0.3) is 11.1 Å². The molecule has 0 aromatic heterocycles. The molecule has 0 bridgehead atoms. The first-order valence-corrected chi connectivity index (χ1v) is 17.4. The molecule has 0 N–H and O–H groups in total. The molecule has 1 fully saturated rings. The highest BCUT2D eigenvalue weighted by atomic mass is 16.7. The van der Waals surface area contributed by atoms with E-state index in [0.717, 1.165) is 29.7 Å². The van der Waals surface area contributed by atoms with Gasteiger partial charge >= 0.3 is 7.12 Å². The molecule has 242 valence electrons. The Kier molecular flexibility index (Phi) is 7.82. The van der Waals surface area contributed by atoms with Gasteiger partial charge in [0, 0.05) is 23.5 Å². The topological polar surface area (TPSA) is 21.7 Å². The molecule has 3 aliphatic rings. The summed E-state index contributed by atoms with van der Waals surface area (Å²) in [5, 5.41) is 0. The van der Waals surface area contributed by atoms with Gasteiger partial charge in [-0.1, -0.05) is 133 Å². The molecule has 8 rings (SSSR count). The Labute approximate surface area is 291 Å². The number of para-hydroxylation sites is 1. The normalized spacial score (nSPS) is 21.3. The van der Waals surface area contributed by atoms with Gasteiger partial charge in [-0.2, -0.15) is 0 Å². The van der Waals surface area contributed by atoms with Crippen molar-refractivity contribution in [3.8, 4) is 11.1 Å². The van der Waals surface area contributed by atoms with Gasteiger partial charge < -0.3 is 14.2 Å². The van der Waals surface area contributed by atoms with Crippen LogP contribution in [0.5, 0.6) is 0 Å². The van der Waals surface area contributed by atoms with E-state index in [1.54, 1.807) is 0 Å². The molecular formula is C45H42BNO2. The third-order valence-electron chi connectivity index (χ3n) is 10.9. The average molecular weight is 640 g/mol. The summed E-state index contributed by atoms with van der Waals surface area (Å²) in [6, 6.07) is 48.8. The summed E-state index contributed by atoms with van der Waals surface area (Å²) >= 11 is 0. The molecule has 0 saturated carbocycles. The molecule has 5 aromatic rings. The van der Waals surface area contributed by atoms with Crippen LogP contribution in [-0.4, -0.2) is 18.3 Å². The number of fused-ring (bicyclic) bond motifs is 3. The number of anilines is 2. The van der Waals surface area contributed by atoms with E-state index in [4.69, 9.17) is 9.31 Å². The van der Waals surface area contributed by atoms with Crippen molar-refractivity contribution < 1.29 is 9.31 Å². The van der Waals surface area contributed by atoms with Crippen molar-refractivity contribution in [3.63, 3.8) is 0 Å². The Morgan fingerprint density at radius 3 is 1.80 bits per heavy atom. The highest BCUT2D eigenvalue weighted by Gasteiger charge is 2.52. The molecule has 0 spiro atoms. The Balaban J connectivity index is 1.26. The fourth-order valence-corrected chi connectivity index (χ4v) is 7.76. The van der Waals surface area contributed by atoms with E-state index in [9.17, 15) is 0 Å². The highest BCUT2D eigenvalue weighted by molar-refractivity contribution is 6.55. The minimum Gasteiger partial charge on any atom is -0.399 e. The van der Waals surface area contributed by atoms with Crippen molar-refractivity contribution >= 4 is 18.5 Å². The minimum atomic E-state index is -0.456. The second-order valence-corrected chi connectivity index (χ2v) is 14.3. The lowest BCUT2D eigenvalue weighted by Gasteiger charge is -2.35. The fourth-order valence-electron chi connectivity index (χ4n) is 7.76. The van der Waals surface area contributed by atoms with Crippen molar-refractivity contribution in [2.45, 2.75) is 57.2 Å². The smallest absolute Gasteiger partial charge is 0.399 e. The van der Waals surface area contributed by atoms with Crippen LogP contribution in [0.4, 0.5) is 11.4 Å². The Morgan fingerprint density at radius 1 is 0.571 bits per heavy atom. The minimum absolute atomic E-state index is 0.371. The number of benzene rings is 5. The van der Waals surface area contributed by atoms with E-state index in [-0.39, 0.29) is 18.3 Å². The van der Waals surface area contributed by atoms with E-state index in [1.165, 1.54) is 39.1 Å². The van der Waals surface area contributed by atoms with Crippen LogP contribution in [0.2, 0.25) is 0 Å². The van der Waals surface area contributed by atoms with E-state index < -0.39 is 5.41 Å². The van der Waals surface area contributed by atoms with Crippen molar-refractivity contribution in [3.05, 3.63) is 191 Å². The zero-order chi connectivity index (χ0) is 33.6. The molecule has 1 heterocycles. The van der Waals surface area contributed by atoms with E-state index in [1.807, 2.05) is 0 Å². The van der Waals surface area contributed by atoms with Crippen LogP contribution < -0.4 is 4.90 Å². The van der Waals surface area contributed by atoms with E-state index in [0.29, 0.717) is 0 Å². The third-order valence-corrected chi connectivity index (χ3v) is 10.9. The van der Waals surface area contributed by atoms with Gasteiger partial charge in [-0.05, 0) is 97.2 Å². The third kappa shape index (κ3) is 5.22. The molecule has 4 heteroatoms. The number of nitrogens with zero attached hydrogens (tertiary/aromatic N) is 1. The maximum atomic E-state index is 6.40. The van der Waals surface area contributed by atoms with Crippen molar-refractivity contribution in [2.75, 3.05) is 4.90 Å². The quantitative estimate of drug-likeness (QED) is 0.169. The lowest BCUT2D eigenvalue weighted by atomic mass is 9.67. The van der Waals surface area contributed by atoms with Crippen molar-refractivity contribution in [1.29, 1.82) is 0 Å². The Hall–Kier alpha value is -4.90. The average Bonchev–Trinajstić information content (AvgIpc) is 3.52. The predicted octanol–water partition coefficient (Wildman–Crippen LogP) is 11.0. The van der Waals surface area contributed by atoms with Crippen LogP contribution in [0.3, 0.4) is 0 Å². The lowest BCUT2D eigenvalue weighted by Crippen LogP contribution is -2.41. The Bertz CT molecular complexity index is 2020. The summed E-state index contributed by atoms with van der Waals surface area (Å²) in [6.45, 7) is 8.43. The van der Waals surface area contributed by atoms with Gasteiger partial charge in [-0.15, -0.1) is 0 Å². The molecule has 0 atom stereocenters. The molecule has 5 aromatic carbocycles. The van der Waals surface area contributed by atoms with Crippen LogP contribution in [0.1, 0.15) is 62.8 Å². The molecule has 2 aliphatic carbocycles. The largest absolute Gasteiger partial charge is 0.494 e. The standard InChI is InChI=1S/C45H42BNO2/c1-43(2)44(3,4)49-46(48-43)35-22-16-26-37(27-17-23-35)47(36-24-12-7-13-25-36)38-30-31-40-39-28-14-15-29-41(39)45(42(40)32-38,33-18-8-5-9-19-33)34-20-10-6-11-21-34/h5-16,18-25,27-32H,17,26H2,1-4H3/b22-16-,35-23+,37-27+. The Morgan fingerprint density at radius 2 is 1.14 bits per heavy atom. The van der Waals surface area contributed by atoms with Gasteiger partial charge in [-0.25, -0.2) is 0 Å². The number of rotatable bonds is 6. The number of hydrogen-bond donors (Lipinski definition) is 0. The zero-order valence-corrected chi connectivity index (χ0v) is 28.8. The molecule has 0 amide bonds. The van der Waals surface area contributed by atoms with Gasteiger partial charge in [0.25, 0.3) is 0 Å². The molecular weight excluding hydrogens is 597 g/mol. The first-order chi connectivity index (χ1) is 23.8. The maximum absolute atomic E-state index is 6.40. The lowest BCUT2D eigenvalue weighted by molar-refractivity contribution is 0.00578. The SMILES string of the molecule is CC1(C)OB(C2=C/C/C=C(/N(c3ccccc3)c3ccc4c(c3)C(c3ccccc3)(c3ccccc3)c3ccccc3-4)C/C=C\2)OC1(C)C. The van der Waals surface area contributed by atoms with Gasteiger partial charge in [0.2, 0.25) is 0 Å². The van der Waals surface area contributed by atoms with E-state index >= 15 is 0 Å². The fraction of sp³-hybridized carbons (Fsp3) is 0.200. The molecule has 3 nitrogen and oxygen atoms in total. The van der Waals surface area contributed by atoms with Gasteiger partial charge in [0.1, 0.15) is 0 Å². The van der Waals surface area contributed by atoms with Crippen molar-refractivity contribution in [1.82, 2.24) is 0 Å². The molecule has 1 aliphatic heterocycles. The van der Waals surface area contributed by atoms with Crippen LogP contribution in [0, 0.1) is 0 Å². The van der Waals surface area contributed by atoms with Gasteiger partial charge in [-0.3, -0.25) is 0 Å². The summed E-state index contributed by atoms with van der Waals surface area (Å²) in [7, 11) is -0.371. The summed E-state index contributed by atoms with van der Waals surface area (Å²) in [5.74, 6) is 0. The predicted molar refractivity (Wildman–Crippen MR) is 203 cm³/mol. The molecule has 0 unspecified atom stereocenters. The number of hydrogen-bond acceptors (Lipinski definition) is 3. The van der Waals surface area contributed by atoms with Crippen LogP contribution >= 0.6 is 0 Å². The van der Waals surface area contributed by atoms with Crippen LogP contribution in [-0.2, 0) is 14.7 Å².